The highest BCUT2D eigenvalue weighted by molar-refractivity contribution is 5.29. The Morgan fingerprint density at radius 1 is 1.29 bits per heavy atom. The average Bonchev–Trinajstić information content (AvgIpc) is 2.76. The van der Waals surface area contributed by atoms with Crippen molar-refractivity contribution in [1.29, 1.82) is 0 Å². The monoisotopic (exact) mass is 231 g/mol. The molecule has 0 atom stereocenters. The molecule has 0 N–H and O–H groups in total. The van der Waals surface area contributed by atoms with Crippen molar-refractivity contribution in [2.45, 2.75) is 26.9 Å². The molecule has 0 aliphatic carbocycles. The molecular formula is C12H17N5. The fraction of sp³-hybridized carbons (Fsp3) is 0.417. The molecule has 5 heteroatoms. The van der Waals surface area contributed by atoms with Gasteiger partial charge in [0.05, 0.1) is 12.2 Å². The van der Waals surface area contributed by atoms with Gasteiger partial charge < -0.3 is 4.90 Å². The highest BCUT2D eigenvalue weighted by Crippen LogP contribution is 2.10. The Kier molecular flexibility index (Phi) is 3.37. The molecule has 0 fully saturated rings. The van der Waals surface area contributed by atoms with Gasteiger partial charge >= 0.3 is 0 Å². The number of hydrogen-bond donors (Lipinski definition) is 0. The number of rotatable bonds is 4. The van der Waals surface area contributed by atoms with E-state index in [-0.39, 0.29) is 0 Å². The zero-order valence-corrected chi connectivity index (χ0v) is 10.5. The third-order valence-electron chi connectivity index (χ3n) is 2.63. The first-order valence-corrected chi connectivity index (χ1v) is 5.72. The van der Waals surface area contributed by atoms with Crippen LogP contribution >= 0.6 is 0 Å². The molecule has 17 heavy (non-hydrogen) atoms. The molecule has 0 saturated heterocycles. The summed E-state index contributed by atoms with van der Waals surface area (Å²) in [6.45, 7) is 5.69. The quantitative estimate of drug-likeness (QED) is 0.802. The smallest absolute Gasteiger partial charge is 0.225 e. The first kappa shape index (κ1) is 11.6. The number of aryl methyl sites for hydroxylation is 2. The van der Waals surface area contributed by atoms with Gasteiger partial charge in [0.15, 0.2) is 0 Å². The molecule has 0 unspecified atom stereocenters. The van der Waals surface area contributed by atoms with Gasteiger partial charge in [-0.15, -0.1) is 0 Å². The van der Waals surface area contributed by atoms with E-state index in [4.69, 9.17) is 0 Å². The normalized spacial score (nSPS) is 10.5. The van der Waals surface area contributed by atoms with E-state index < -0.39 is 0 Å². The maximum atomic E-state index is 4.39. The van der Waals surface area contributed by atoms with Crippen LogP contribution in [0.25, 0.3) is 0 Å². The minimum atomic E-state index is 0.744. The zero-order valence-electron chi connectivity index (χ0n) is 10.5. The Balaban J connectivity index is 2.14. The van der Waals surface area contributed by atoms with Crippen LogP contribution in [0.2, 0.25) is 0 Å². The lowest BCUT2D eigenvalue weighted by Gasteiger charge is -2.17. The van der Waals surface area contributed by atoms with Gasteiger partial charge in [-0.05, 0) is 26.0 Å². The van der Waals surface area contributed by atoms with Crippen molar-refractivity contribution in [2.24, 2.45) is 0 Å². The van der Waals surface area contributed by atoms with E-state index >= 15 is 0 Å². The summed E-state index contributed by atoms with van der Waals surface area (Å²) in [7, 11) is 1.99. The summed E-state index contributed by atoms with van der Waals surface area (Å²) in [6.07, 6.45) is 3.61. The fourth-order valence-electron chi connectivity index (χ4n) is 1.71. The topological polar surface area (TPSA) is 46.8 Å². The lowest BCUT2D eigenvalue weighted by Crippen LogP contribution is -2.21. The molecule has 0 saturated carbocycles. The minimum absolute atomic E-state index is 0.744. The van der Waals surface area contributed by atoms with Crippen LogP contribution in [-0.4, -0.2) is 26.8 Å². The van der Waals surface area contributed by atoms with Crippen LogP contribution in [0.5, 0.6) is 0 Å². The van der Waals surface area contributed by atoms with E-state index in [9.17, 15) is 0 Å². The molecule has 2 rings (SSSR count). The number of anilines is 1. The van der Waals surface area contributed by atoms with Crippen molar-refractivity contribution >= 4 is 5.95 Å². The van der Waals surface area contributed by atoms with Gasteiger partial charge in [0.25, 0.3) is 0 Å². The summed E-state index contributed by atoms with van der Waals surface area (Å²) in [5.74, 6) is 0.744. The van der Waals surface area contributed by atoms with Gasteiger partial charge in [0, 0.05) is 31.7 Å². The summed E-state index contributed by atoms with van der Waals surface area (Å²) in [5.41, 5.74) is 2.14. The second-order valence-electron chi connectivity index (χ2n) is 3.99. The average molecular weight is 231 g/mol. The van der Waals surface area contributed by atoms with Crippen molar-refractivity contribution in [3.63, 3.8) is 0 Å². The van der Waals surface area contributed by atoms with E-state index in [2.05, 4.69) is 22.0 Å². The molecular weight excluding hydrogens is 214 g/mol. The van der Waals surface area contributed by atoms with Crippen LogP contribution < -0.4 is 4.90 Å². The molecule has 0 amide bonds. The van der Waals surface area contributed by atoms with Crippen LogP contribution in [0.3, 0.4) is 0 Å². The van der Waals surface area contributed by atoms with E-state index in [0.717, 1.165) is 24.7 Å². The Morgan fingerprint density at radius 3 is 2.82 bits per heavy atom. The fourth-order valence-corrected chi connectivity index (χ4v) is 1.71. The number of hydrogen-bond acceptors (Lipinski definition) is 4. The lowest BCUT2D eigenvalue weighted by atomic mass is 10.4. The van der Waals surface area contributed by atoms with Crippen molar-refractivity contribution in [3.8, 4) is 0 Å². The van der Waals surface area contributed by atoms with E-state index in [1.165, 1.54) is 5.69 Å². The number of nitrogens with zero attached hydrogens (tertiary/aromatic N) is 5. The largest absolute Gasteiger partial charge is 0.338 e. The van der Waals surface area contributed by atoms with E-state index in [1.54, 1.807) is 6.20 Å². The first-order valence-electron chi connectivity index (χ1n) is 5.72. The van der Waals surface area contributed by atoms with Crippen LogP contribution in [0, 0.1) is 6.92 Å². The van der Waals surface area contributed by atoms with Gasteiger partial charge in [0.1, 0.15) is 0 Å². The maximum absolute atomic E-state index is 4.39. The van der Waals surface area contributed by atoms with Crippen molar-refractivity contribution < 1.29 is 0 Å². The van der Waals surface area contributed by atoms with Crippen LogP contribution in [0.1, 0.15) is 18.3 Å². The highest BCUT2D eigenvalue weighted by Gasteiger charge is 2.08. The summed E-state index contributed by atoms with van der Waals surface area (Å²) in [5, 5.41) is 4.25. The zero-order chi connectivity index (χ0) is 12.3. The van der Waals surface area contributed by atoms with Crippen molar-refractivity contribution in [1.82, 2.24) is 19.7 Å². The third kappa shape index (κ3) is 2.61. The molecule has 90 valence electrons. The lowest BCUT2D eigenvalue weighted by molar-refractivity contribution is 0.614. The van der Waals surface area contributed by atoms with Gasteiger partial charge in [-0.2, -0.15) is 5.10 Å². The summed E-state index contributed by atoms with van der Waals surface area (Å²) >= 11 is 0. The molecule has 2 aromatic heterocycles. The predicted molar refractivity (Wildman–Crippen MR) is 66.8 cm³/mol. The molecule has 0 aliphatic rings. The van der Waals surface area contributed by atoms with Crippen LogP contribution in [0.15, 0.2) is 24.5 Å². The molecule has 2 aromatic rings. The maximum Gasteiger partial charge on any atom is 0.225 e. The second-order valence-corrected chi connectivity index (χ2v) is 3.99. The molecule has 0 bridgehead atoms. The third-order valence-corrected chi connectivity index (χ3v) is 2.63. The molecule has 0 radical (unpaired) electrons. The Labute approximate surface area is 101 Å². The second kappa shape index (κ2) is 4.95. The summed E-state index contributed by atoms with van der Waals surface area (Å²) < 4.78 is 1.98. The Bertz CT molecular complexity index is 491. The molecule has 0 spiro atoms. The van der Waals surface area contributed by atoms with Gasteiger partial charge in [-0.3, -0.25) is 4.68 Å². The van der Waals surface area contributed by atoms with E-state index in [1.807, 2.05) is 41.9 Å². The molecule has 5 nitrogen and oxygen atoms in total. The van der Waals surface area contributed by atoms with Gasteiger partial charge in [0.2, 0.25) is 5.95 Å². The predicted octanol–water partition coefficient (Wildman–Crippen LogP) is 1.64. The van der Waals surface area contributed by atoms with Gasteiger partial charge in [-0.1, -0.05) is 0 Å². The van der Waals surface area contributed by atoms with Gasteiger partial charge in [-0.25, -0.2) is 9.97 Å². The summed E-state index contributed by atoms with van der Waals surface area (Å²) in [6, 6.07) is 3.92. The van der Waals surface area contributed by atoms with Crippen molar-refractivity contribution in [2.75, 3.05) is 11.9 Å². The SMILES string of the molecule is CCn1nccc1CN(C)c1nccc(C)n1. The standard InChI is InChI=1S/C12H17N5/c1-4-17-11(6-8-14-17)9-16(3)12-13-7-5-10(2)15-12/h5-8H,4,9H2,1-3H3. The Hall–Kier alpha value is -1.91. The first-order chi connectivity index (χ1) is 8.20. The molecule has 0 aromatic carbocycles. The molecule has 2 heterocycles. The highest BCUT2D eigenvalue weighted by atomic mass is 15.3. The Morgan fingerprint density at radius 2 is 2.12 bits per heavy atom. The molecule has 0 aliphatic heterocycles. The van der Waals surface area contributed by atoms with Crippen molar-refractivity contribution in [3.05, 3.63) is 35.9 Å². The van der Waals surface area contributed by atoms with Crippen LogP contribution in [-0.2, 0) is 13.1 Å². The van der Waals surface area contributed by atoms with Crippen LogP contribution in [0.4, 0.5) is 5.95 Å². The number of aromatic nitrogens is 4. The minimum Gasteiger partial charge on any atom is -0.338 e. The summed E-state index contributed by atoms with van der Waals surface area (Å²) in [4.78, 5) is 10.7. The van der Waals surface area contributed by atoms with E-state index in [0.29, 0.717) is 0 Å².